The number of nitro benzene ring substituents is 1. The van der Waals surface area contributed by atoms with Crippen molar-refractivity contribution in [1.82, 2.24) is 5.43 Å². The van der Waals surface area contributed by atoms with Crippen molar-refractivity contribution in [3.63, 3.8) is 0 Å². The normalized spacial score (nSPS) is 12.0. The lowest BCUT2D eigenvalue weighted by Crippen LogP contribution is -2.39. The lowest BCUT2D eigenvalue weighted by molar-refractivity contribution is -0.385. The second kappa shape index (κ2) is 9.31. The van der Waals surface area contributed by atoms with Crippen molar-refractivity contribution in [3.8, 4) is 0 Å². The first kappa shape index (κ1) is 24.1. The SMILES string of the molecule is CS(=O)(=O)N(CC(=O)NN=Cc1ccccc1[N+](=O)[O-])c1cc(C(F)(F)F)ccc1Cl. The monoisotopic (exact) mass is 478 g/mol. The molecular weight excluding hydrogens is 465 g/mol. The fourth-order valence-corrected chi connectivity index (χ4v) is 3.49. The first-order valence-corrected chi connectivity index (χ1v) is 10.4. The molecule has 0 aliphatic carbocycles. The van der Waals surface area contributed by atoms with Crippen molar-refractivity contribution >= 4 is 45.1 Å². The number of hydrogen-bond acceptors (Lipinski definition) is 6. The second-order valence-electron chi connectivity index (χ2n) is 6.04. The number of nitrogens with zero attached hydrogens (tertiary/aromatic N) is 3. The van der Waals surface area contributed by atoms with E-state index in [1.807, 2.05) is 5.43 Å². The van der Waals surface area contributed by atoms with Crippen LogP contribution < -0.4 is 9.73 Å². The summed E-state index contributed by atoms with van der Waals surface area (Å²) in [5.41, 5.74) is 0.0490. The highest BCUT2D eigenvalue weighted by Crippen LogP contribution is 2.36. The molecule has 0 aliphatic heterocycles. The summed E-state index contributed by atoms with van der Waals surface area (Å²) >= 11 is 5.86. The molecule has 31 heavy (non-hydrogen) atoms. The molecule has 9 nitrogen and oxygen atoms in total. The van der Waals surface area contributed by atoms with E-state index in [1.54, 1.807) is 0 Å². The molecule has 0 fully saturated rings. The number of para-hydroxylation sites is 1. The molecule has 0 atom stereocenters. The zero-order valence-corrected chi connectivity index (χ0v) is 17.2. The molecule has 0 heterocycles. The van der Waals surface area contributed by atoms with Gasteiger partial charge in [0.05, 0.1) is 39.2 Å². The van der Waals surface area contributed by atoms with Gasteiger partial charge in [-0.15, -0.1) is 0 Å². The number of nitrogens with one attached hydrogen (secondary N) is 1. The van der Waals surface area contributed by atoms with Crippen LogP contribution in [-0.2, 0) is 21.0 Å². The molecule has 2 rings (SSSR count). The number of amides is 1. The summed E-state index contributed by atoms with van der Waals surface area (Å²) in [6, 6.07) is 7.54. The average Bonchev–Trinajstić information content (AvgIpc) is 2.65. The Morgan fingerprint density at radius 1 is 1.29 bits per heavy atom. The van der Waals surface area contributed by atoms with Crippen LogP contribution in [0, 0.1) is 10.1 Å². The van der Waals surface area contributed by atoms with Gasteiger partial charge in [-0.05, 0) is 24.3 Å². The highest BCUT2D eigenvalue weighted by Gasteiger charge is 2.33. The highest BCUT2D eigenvalue weighted by atomic mass is 35.5. The largest absolute Gasteiger partial charge is 0.416 e. The summed E-state index contributed by atoms with van der Waals surface area (Å²) in [6.07, 6.45) is -3.11. The quantitative estimate of drug-likeness (QED) is 0.372. The number of hydrogen-bond donors (Lipinski definition) is 1. The maximum atomic E-state index is 13.0. The number of halogens is 4. The number of carbonyl (C=O) groups is 1. The van der Waals surface area contributed by atoms with E-state index in [0.29, 0.717) is 22.7 Å². The zero-order valence-electron chi connectivity index (χ0n) is 15.6. The number of nitro groups is 1. The van der Waals surface area contributed by atoms with E-state index < -0.39 is 44.8 Å². The molecule has 0 spiro atoms. The van der Waals surface area contributed by atoms with Crippen molar-refractivity contribution in [2.75, 3.05) is 17.1 Å². The molecule has 1 amide bonds. The van der Waals surface area contributed by atoms with E-state index in [1.165, 1.54) is 24.3 Å². The number of anilines is 1. The van der Waals surface area contributed by atoms with Crippen molar-refractivity contribution in [1.29, 1.82) is 0 Å². The van der Waals surface area contributed by atoms with E-state index in [9.17, 15) is 36.5 Å². The third-order valence-corrected chi connectivity index (χ3v) is 5.20. The van der Waals surface area contributed by atoms with Crippen molar-refractivity contribution in [3.05, 3.63) is 68.7 Å². The number of benzene rings is 2. The number of alkyl halides is 3. The molecule has 0 saturated heterocycles. The summed E-state index contributed by atoms with van der Waals surface area (Å²) in [7, 11) is -4.21. The fraction of sp³-hybridized carbons (Fsp3) is 0.176. The molecule has 2 aromatic carbocycles. The van der Waals surface area contributed by atoms with Crippen molar-refractivity contribution < 1.29 is 31.3 Å². The summed E-state index contributed by atoms with van der Waals surface area (Å²) in [5.74, 6) is -1.02. The molecule has 2 aromatic rings. The molecule has 166 valence electrons. The van der Waals surface area contributed by atoms with Gasteiger partial charge in [-0.2, -0.15) is 18.3 Å². The Labute approximate surface area is 179 Å². The van der Waals surface area contributed by atoms with Crippen molar-refractivity contribution in [2.45, 2.75) is 6.18 Å². The van der Waals surface area contributed by atoms with Gasteiger partial charge in [0.25, 0.3) is 11.6 Å². The first-order valence-electron chi connectivity index (χ1n) is 8.20. The summed E-state index contributed by atoms with van der Waals surface area (Å²) in [4.78, 5) is 22.4. The minimum absolute atomic E-state index is 0.0636. The zero-order chi connectivity index (χ0) is 23.4. The van der Waals surface area contributed by atoms with Gasteiger partial charge in [-0.3, -0.25) is 19.2 Å². The molecule has 1 N–H and O–H groups in total. The van der Waals surface area contributed by atoms with E-state index in [-0.39, 0.29) is 16.3 Å². The maximum absolute atomic E-state index is 13.0. The number of rotatable bonds is 7. The molecule has 0 aliphatic rings. The third-order valence-electron chi connectivity index (χ3n) is 3.76. The Hall–Kier alpha value is -3.19. The average molecular weight is 479 g/mol. The van der Waals surface area contributed by atoms with Gasteiger partial charge in [0.15, 0.2) is 0 Å². The topological polar surface area (TPSA) is 122 Å². The van der Waals surface area contributed by atoms with Gasteiger partial charge < -0.3 is 0 Å². The van der Waals surface area contributed by atoms with E-state index in [2.05, 4.69) is 5.10 Å². The van der Waals surface area contributed by atoms with Gasteiger partial charge in [0, 0.05) is 6.07 Å². The Morgan fingerprint density at radius 3 is 2.52 bits per heavy atom. The summed E-state index contributed by atoms with van der Waals surface area (Å²) < 4.78 is 63.5. The maximum Gasteiger partial charge on any atom is 0.416 e. The van der Waals surface area contributed by atoms with Crippen LogP contribution in [0.3, 0.4) is 0 Å². The van der Waals surface area contributed by atoms with Gasteiger partial charge in [-0.1, -0.05) is 23.7 Å². The lowest BCUT2D eigenvalue weighted by atomic mass is 10.2. The molecule has 14 heteroatoms. The van der Waals surface area contributed by atoms with Crippen LogP contribution in [0.1, 0.15) is 11.1 Å². The Morgan fingerprint density at radius 2 is 1.94 bits per heavy atom. The predicted octanol–water partition coefficient (Wildman–Crippen LogP) is 3.18. The summed E-state index contributed by atoms with van der Waals surface area (Å²) in [6.45, 7) is -0.936. The van der Waals surface area contributed by atoms with Crippen LogP contribution in [0.25, 0.3) is 0 Å². The molecule has 0 aromatic heterocycles. The van der Waals surface area contributed by atoms with Crippen LogP contribution in [0.15, 0.2) is 47.6 Å². The third kappa shape index (κ3) is 6.39. The number of hydrazone groups is 1. The van der Waals surface area contributed by atoms with E-state index in [4.69, 9.17) is 11.6 Å². The number of sulfonamides is 1. The second-order valence-corrected chi connectivity index (χ2v) is 8.36. The molecular formula is C17H14ClF3N4O5S. The molecule has 0 radical (unpaired) electrons. The van der Waals surface area contributed by atoms with Gasteiger partial charge in [0.2, 0.25) is 10.0 Å². The van der Waals surface area contributed by atoms with Gasteiger partial charge in [0.1, 0.15) is 6.54 Å². The Kier molecular flexibility index (Phi) is 7.23. The van der Waals surface area contributed by atoms with Crippen LogP contribution in [-0.4, -0.2) is 38.3 Å². The summed E-state index contributed by atoms with van der Waals surface area (Å²) in [5, 5.41) is 14.2. The number of carbonyl (C=O) groups excluding carboxylic acids is 1. The van der Waals surface area contributed by atoms with Crippen LogP contribution in [0.5, 0.6) is 0 Å². The smallest absolute Gasteiger partial charge is 0.271 e. The highest BCUT2D eigenvalue weighted by molar-refractivity contribution is 7.92. The van der Waals surface area contributed by atoms with E-state index in [0.717, 1.165) is 12.3 Å². The first-order chi connectivity index (χ1) is 14.3. The minimum Gasteiger partial charge on any atom is -0.271 e. The predicted molar refractivity (Wildman–Crippen MR) is 107 cm³/mol. The lowest BCUT2D eigenvalue weighted by Gasteiger charge is -2.23. The van der Waals surface area contributed by atoms with Gasteiger partial charge in [-0.25, -0.2) is 13.8 Å². The molecule has 0 unspecified atom stereocenters. The fourth-order valence-electron chi connectivity index (χ4n) is 2.36. The van der Waals surface area contributed by atoms with Crippen LogP contribution >= 0.6 is 11.6 Å². The van der Waals surface area contributed by atoms with Crippen LogP contribution in [0.4, 0.5) is 24.5 Å². The molecule has 0 saturated carbocycles. The Balaban J connectivity index is 2.26. The van der Waals surface area contributed by atoms with Crippen molar-refractivity contribution in [2.24, 2.45) is 5.10 Å². The molecule has 0 bridgehead atoms. The minimum atomic E-state index is -4.76. The Bertz CT molecular complexity index is 1140. The van der Waals surface area contributed by atoms with E-state index >= 15 is 0 Å². The van der Waals surface area contributed by atoms with Crippen LogP contribution in [0.2, 0.25) is 5.02 Å². The van der Waals surface area contributed by atoms with Gasteiger partial charge >= 0.3 is 6.18 Å². The standard InChI is InChI=1S/C17H14ClF3N4O5S/c1-31(29,30)24(15-8-12(17(19,20)21)6-7-13(15)18)10-16(26)23-22-9-11-4-2-3-5-14(11)25(27)28/h2-9H,10H2,1H3,(H,23,26).